The average molecular weight is 305 g/mol. The zero-order valence-electron chi connectivity index (χ0n) is 12.6. The topological polar surface area (TPSA) is 52.3 Å². The quantitative estimate of drug-likeness (QED) is 0.809. The second-order valence-corrected chi connectivity index (χ2v) is 6.92. The maximum Gasteiger partial charge on any atom is 0.348 e. The highest BCUT2D eigenvalue weighted by atomic mass is 32.1. The van der Waals surface area contributed by atoms with Gasteiger partial charge in [0.05, 0.1) is 11.3 Å². The summed E-state index contributed by atoms with van der Waals surface area (Å²) >= 11 is 1.58. The van der Waals surface area contributed by atoms with E-state index in [1.165, 1.54) is 16.9 Å². The van der Waals surface area contributed by atoms with Crippen LogP contribution in [0.25, 0.3) is 0 Å². The molecule has 2 aromatic rings. The van der Waals surface area contributed by atoms with E-state index in [0.717, 1.165) is 24.1 Å². The molecule has 5 heteroatoms. The van der Waals surface area contributed by atoms with Crippen molar-refractivity contribution in [3.8, 4) is 0 Å². The standard InChI is InChI=1S/C16H19NO3S/c1-9-4-5-14-12(6-9)7-15(21-14)16(18)19-8-13-10(2)17-20-11(13)3/h7,9H,4-6,8H2,1-3H3. The normalized spacial score (nSPS) is 17.6. The number of hydrogen-bond acceptors (Lipinski definition) is 5. The Kier molecular flexibility index (Phi) is 3.85. The molecule has 4 nitrogen and oxygen atoms in total. The maximum absolute atomic E-state index is 12.2. The second kappa shape index (κ2) is 5.64. The van der Waals surface area contributed by atoms with Crippen molar-refractivity contribution in [3.63, 3.8) is 0 Å². The van der Waals surface area contributed by atoms with Gasteiger partial charge in [0.15, 0.2) is 0 Å². The van der Waals surface area contributed by atoms with E-state index in [4.69, 9.17) is 9.26 Å². The predicted octanol–water partition coefficient (Wildman–Crippen LogP) is 3.83. The van der Waals surface area contributed by atoms with Gasteiger partial charge in [0.25, 0.3) is 0 Å². The van der Waals surface area contributed by atoms with Crippen molar-refractivity contribution in [2.75, 3.05) is 0 Å². The number of carbonyl (C=O) groups is 1. The minimum atomic E-state index is -0.248. The number of ether oxygens (including phenoxy) is 1. The Hall–Kier alpha value is -1.62. The molecule has 21 heavy (non-hydrogen) atoms. The third kappa shape index (κ3) is 2.88. The van der Waals surface area contributed by atoms with E-state index in [2.05, 4.69) is 12.1 Å². The van der Waals surface area contributed by atoms with Gasteiger partial charge >= 0.3 is 5.97 Å². The first-order valence-corrected chi connectivity index (χ1v) is 8.06. The lowest BCUT2D eigenvalue weighted by Gasteiger charge is -2.16. The molecule has 2 heterocycles. The molecule has 0 aromatic carbocycles. The number of esters is 1. The smallest absolute Gasteiger partial charge is 0.348 e. The molecule has 0 bridgehead atoms. The largest absolute Gasteiger partial charge is 0.456 e. The molecule has 1 unspecified atom stereocenters. The molecule has 0 saturated carbocycles. The average Bonchev–Trinajstić information content (AvgIpc) is 3.00. The number of rotatable bonds is 3. The second-order valence-electron chi connectivity index (χ2n) is 5.79. The fraction of sp³-hybridized carbons (Fsp3) is 0.500. The number of thiophene rings is 1. The summed E-state index contributed by atoms with van der Waals surface area (Å²) in [6, 6.07) is 2.01. The first-order chi connectivity index (χ1) is 10.0. The van der Waals surface area contributed by atoms with Gasteiger partial charge in [0, 0.05) is 4.88 Å². The summed E-state index contributed by atoms with van der Waals surface area (Å²) in [5.74, 6) is 1.17. The Morgan fingerprint density at radius 1 is 1.52 bits per heavy atom. The predicted molar refractivity (Wildman–Crippen MR) is 80.6 cm³/mol. The highest BCUT2D eigenvalue weighted by Gasteiger charge is 2.22. The van der Waals surface area contributed by atoms with Crippen LogP contribution >= 0.6 is 11.3 Å². The monoisotopic (exact) mass is 305 g/mol. The fourth-order valence-electron chi connectivity index (χ4n) is 2.72. The molecule has 1 atom stereocenters. The lowest BCUT2D eigenvalue weighted by Crippen LogP contribution is -2.08. The van der Waals surface area contributed by atoms with E-state index >= 15 is 0 Å². The van der Waals surface area contributed by atoms with Gasteiger partial charge in [-0.2, -0.15) is 0 Å². The number of nitrogens with zero attached hydrogens (tertiary/aromatic N) is 1. The van der Waals surface area contributed by atoms with Crippen LogP contribution in [0.2, 0.25) is 0 Å². The lowest BCUT2D eigenvalue weighted by molar-refractivity contribution is 0.0476. The Morgan fingerprint density at radius 2 is 2.33 bits per heavy atom. The van der Waals surface area contributed by atoms with Gasteiger partial charge in [-0.15, -0.1) is 11.3 Å². The number of fused-ring (bicyclic) bond motifs is 1. The van der Waals surface area contributed by atoms with Crippen LogP contribution in [-0.4, -0.2) is 11.1 Å². The van der Waals surface area contributed by atoms with Gasteiger partial charge in [-0.05, 0) is 50.7 Å². The van der Waals surface area contributed by atoms with Crippen LogP contribution in [0.5, 0.6) is 0 Å². The minimum absolute atomic E-state index is 0.221. The highest BCUT2D eigenvalue weighted by molar-refractivity contribution is 7.14. The van der Waals surface area contributed by atoms with Gasteiger partial charge in [0.2, 0.25) is 0 Å². The molecule has 0 saturated heterocycles. The van der Waals surface area contributed by atoms with E-state index in [1.54, 1.807) is 11.3 Å². The van der Waals surface area contributed by atoms with Crippen molar-refractivity contribution < 1.29 is 14.1 Å². The molecule has 1 aliphatic rings. The molecule has 0 N–H and O–H groups in total. The van der Waals surface area contributed by atoms with Crippen LogP contribution in [-0.2, 0) is 24.2 Å². The van der Waals surface area contributed by atoms with Crippen molar-refractivity contribution >= 4 is 17.3 Å². The van der Waals surface area contributed by atoms with Crippen molar-refractivity contribution in [3.05, 3.63) is 38.4 Å². The molecular formula is C16H19NO3S. The third-order valence-corrected chi connectivity index (χ3v) is 5.28. The summed E-state index contributed by atoms with van der Waals surface area (Å²) in [6.45, 7) is 6.16. The fourth-order valence-corrected chi connectivity index (χ4v) is 3.83. The van der Waals surface area contributed by atoms with E-state index in [0.29, 0.717) is 16.6 Å². The van der Waals surface area contributed by atoms with Crippen molar-refractivity contribution in [1.82, 2.24) is 5.16 Å². The Labute approximate surface area is 128 Å². The minimum Gasteiger partial charge on any atom is -0.456 e. The summed E-state index contributed by atoms with van der Waals surface area (Å²) in [5.41, 5.74) is 2.96. The van der Waals surface area contributed by atoms with Gasteiger partial charge in [-0.3, -0.25) is 0 Å². The number of aromatic nitrogens is 1. The summed E-state index contributed by atoms with van der Waals surface area (Å²) in [4.78, 5) is 14.3. The highest BCUT2D eigenvalue weighted by Crippen LogP contribution is 2.32. The van der Waals surface area contributed by atoms with Crippen LogP contribution in [0.1, 0.15) is 50.5 Å². The summed E-state index contributed by atoms with van der Waals surface area (Å²) in [5, 5.41) is 3.86. The Balaban J connectivity index is 1.69. The van der Waals surface area contributed by atoms with Crippen LogP contribution in [0.3, 0.4) is 0 Å². The summed E-state index contributed by atoms with van der Waals surface area (Å²) < 4.78 is 10.5. The van der Waals surface area contributed by atoms with Gasteiger partial charge in [0.1, 0.15) is 17.2 Å². The molecule has 2 aromatic heterocycles. The first-order valence-electron chi connectivity index (χ1n) is 7.25. The van der Waals surface area contributed by atoms with Gasteiger partial charge in [-0.1, -0.05) is 12.1 Å². The molecular weight excluding hydrogens is 286 g/mol. The number of hydrogen-bond donors (Lipinski definition) is 0. The molecule has 3 rings (SSSR count). The van der Waals surface area contributed by atoms with Crippen molar-refractivity contribution in [2.24, 2.45) is 5.92 Å². The van der Waals surface area contributed by atoms with E-state index in [9.17, 15) is 4.79 Å². The number of carbonyl (C=O) groups excluding carboxylic acids is 1. The Bertz CT molecular complexity index is 652. The molecule has 0 spiro atoms. The van der Waals surface area contributed by atoms with E-state index < -0.39 is 0 Å². The van der Waals surface area contributed by atoms with Crippen molar-refractivity contribution in [2.45, 2.75) is 46.6 Å². The lowest BCUT2D eigenvalue weighted by atomic mass is 9.90. The Morgan fingerprint density at radius 3 is 3.05 bits per heavy atom. The van der Waals surface area contributed by atoms with Crippen LogP contribution in [0, 0.1) is 19.8 Å². The third-order valence-electron chi connectivity index (χ3n) is 4.06. The maximum atomic E-state index is 12.2. The summed E-state index contributed by atoms with van der Waals surface area (Å²) in [6.07, 6.45) is 3.36. The van der Waals surface area contributed by atoms with E-state index in [1.807, 2.05) is 19.9 Å². The zero-order chi connectivity index (χ0) is 15.0. The molecule has 0 fully saturated rings. The first kappa shape index (κ1) is 14.3. The molecule has 1 aliphatic carbocycles. The molecule has 0 aliphatic heterocycles. The molecule has 0 radical (unpaired) electrons. The van der Waals surface area contributed by atoms with Crippen LogP contribution < -0.4 is 0 Å². The summed E-state index contributed by atoms with van der Waals surface area (Å²) in [7, 11) is 0. The van der Waals surface area contributed by atoms with E-state index in [-0.39, 0.29) is 12.6 Å². The number of aryl methyl sites for hydroxylation is 3. The zero-order valence-corrected chi connectivity index (χ0v) is 13.4. The SMILES string of the molecule is Cc1noc(C)c1COC(=O)c1cc2c(s1)CCC(C)C2. The van der Waals surface area contributed by atoms with Crippen LogP contribution in [0.4, 0.5) is 0 Å². The molecule has 112 valence electrons. The molecule has 0 amide bonds. The van der Waals surface area contributed by atoms with Crippen molar-refractivity contribution in [1.29, 1.82) is 0 Å². The van der Waals surface area contributed by atoms with Gasteiger partial charge in [-0.25, -0.2) is 4.79 Å². The van der Waals surface area contributed by atoms with Gasteiger partial charge < -0.3 is 9.26 Å². The van der Waals surface area contributed by atoms with Crippen LogP contribution in [0.15, 0.2) is 10.6 Å².